The lowest BCUT2D eigenvalue weighted by atomic mass is 9.90. The summed E-state index contributed by atoms with van der Waals surface area (Å²) in [7, 11) is 0. The summed E-state index contributed by atoms with van der Waals surface area (Å²) in [6.07, 6.45) is 2.59. The Bertz CT molecular complexity index is 804. The molecule has 0 unspecified atom stereocenters. The van der Waals surface area contributed by atoms with Gasteiger partial charge < -0.3 is 24.3 Å². The Balaban J connectivity index is 1.57. The number of aromatic nitrogens is 2. The minimum atomic E-state index is -0.300. The zero-order valence-electron chi connectivity index (χ0n) is 13.5. The molecular formula is C17H21N3O4. The zero-order valence-corrected chi connectivity index (χ0v) is 13.5. The third kappa shape index (κ3) is 2.74. The second kappa shape index (κ2) is 6.07. The number of fused-ring (bicyclic) bond motifs is 1. The highest BCUT2D eigenvalue weighted by atomic mass is 16.5. The van der Waals surface area contributed by atoms with Crippen LogP contribution in [-0.2, 0) is 9.47 Å². The first-order chi connectivity index (χ1) is 11.7. The topological polar surface area (TPSA) is 87.4 Å². The van der Waals surface area contributed by atoms with Crippen molar-refractivity contribution in [2.24, 2.45) is 0 Å². The fourth-order valence-electron chi connectivity index (χ4n) is 3.64. The van der Waals surface area contributed by atoms with E-state index in [1.54, 1.807) is 18.2 Å². The van der Waals surface area contributed by atoms with Gasteiger partial charge in [-0.05, 0) is 31.4 Å². The molecule has 1 amide bonds. The van der Waals surface area contributed by atoms with Gasteiger partial charge in [-0.3, -0.25) is 4.79 Å². The third-order valence-corrected chi connectivity index (χ3v) is 5.08. The number of H-pyrrole nitrogens is 2. The highest BCUT2D eigenvalue weighted by Crippen LogP contribution is 2.31. The normalized spacial score (nSPS) is 21.1. The highest BCUT2D eigenvalue weighted by Gasteiger charge is 2.36. The van der Waals surface area contributed by atoms with Crippen LogP contribution in [0.3, 0.4) is 0 Å². The summed E-state index contributed by atoms with van der Waals surface area (Å²) in [6.45, 7) is 3.19. The molecule has 7 nitrogen and oxygen atoms in total. The van der Waals surface area contributed by atoms with Gasteiger partial charge in [0.15, 0.2) is 0 Å². The maximum Gasteiger partial charge on any atom is 0.323 e. The number of rotatable bonds is 1. The lowest BCUT2D eigenvalue weighted by molar-refractivity contribution is -0.105. The number of ether oxygens (including phenoxy) is 2. The van der Waals surface area contributed by atoms with Gasteiger partial charge in [-0.1, -0.05) is 6.07 Å². The number of hydrogen-bond donors (Lipinski definition) is 2. The van der Waals surface area contributed by atoms with Crippen LogP contribution in [0.2, 0.25) is 0 Å². The van der Waals surface area contributed by atoms with Crippen LogP contribution in [0, 0.1) is 0 Å². The van der Waals surface area contributed by atoms with Crippen molar-refractivity contribution in [2.75, 3.05) is 32.9 Å². The number of amides is 1. The van der Waals surface area contributed by atoms with Crippen molar-refractivity contribution in [3.8, 4) is 0 Å². The summed E-state index contributed by atoms with van der Waals surface area (Å²) in [4.78, 5) is 31.7. The number of hydrogen-bond acceptors (Lipinski definition) is 4. The number of benzene rings is 1. The van der Waals surface area contributed by atoms with Gasteiger partial charge in [-0.15, -0.1) is 0 Å². The van der Waals surface area contributed by atoms with E-state index in [0.29, 0.717) is 36.3 Å². The minimum absolute atomic E-state index is 0.0661. The number of nitrogens with zero attached hydrogens (tertiary/aromatic N) is 1. The van der Waals surface area contributed by atoms with E-state index >= 15 is 0 Å². The molecule has 1 aromatic carbocycles. The van der Waals surface area contributed by atoms with E-state index < -0.39 is 0 Å². The molecule has 1 spiro atoms. The molecule has 0 atom stereocenters. The van der Waals surface area contributed by atoms with Crippen LogP contribution in [0.25, 0.3) is 11.0 Å². The average Bonchev–Trinajstić information content (AvgIpc) is 2.86. The summed E-state index contributed by atoms with van der Waals surface area (Å²) in [6, 6.07) is 5.32. The molecule has 2 fully saturated rings. The summed E-state index contributed by atoms with van der Waals surface area (Å²) in [5.41, 5.74) is 1.29. The molecule has 7 heteroatoms. The largest absolute Gasteiger partial charge is 0.381 e. The van der Waals surface area contributed by atoms with Gasteiger partial charge in [-0.25, -0.2) is 4.79 Å². The van der Waals surface area contributed by atoms with Gasteiger partial charge in [0.25, 0.3) is 5.91 Å². The lowest BCUT2D eigenvalue weighted by Crippen LogP contribution is -2.40. The first-order valence-electron chi connectivity index (χ1n) is 8.39. The van der Waals surface area contributed by atoms with Crippen LogP contribution in [0.15, 0.2) is 23.0 Å². The van der Waals surface area contributed by atoms with E-state index in [2.05, 4.69) is 9.97 Å². The quantitative estimate of drug-likeness (QED) is 0.824. The third-order valence-electron chi connectivity index (χ3n) is 5.08. The average molecular weight is 331 g/mol. The summed E-state index contributed by atoms with van der Waals surface area (Å²) >= 11 is 0. The second-order valence-electron chi connectivity index (χ2n) is 6.49. The van der Waals surface area contributed by atoms with Crippen LogP contribution in [0.5, 0.6) is 0 Å². The fraction of sp³-hybridized carbons (Fsp3) is 0.529. The molecule has 0 bridgehead atoms. The molecule has 0 saturated carbocycles. The summed E-state index contributed by atoms with van der Waals surface area (Å²) in [5.74, 6) is -0.0661. The Labute approximate surface area is 138 Å². The SMILES string of the molecule is O=C(c1cccc2[nH]c(=O)[nH]c12)N1CCOC2(CCOCC2)CC1. The number of aromatic amines is 2. The van der Waals surface area contributed by atoms with Crippen molar-refractivity contribution in [1.29, 1.82) is 0 Å². The molecule has 3 heterocycles. The molecule has 2 aromatic rings. The standard InChI is InChI=1S/C17H21N3O4/c21-15(12-2-1-3-13-14(12)19-16(22)18-13)20-7-4-17(24-11-8-20)5-9-23-10-6-17/h1-3H,4-11H2,(H2,18,19,22). The van der Waals surface area contributed by atoms with Crippen LogP contribution < -0.4 is 5.69 Å². The van der Waals surface area contributed by atoms with Crippen molar-refractivity contribution in [2.45, 2.75) is 24.9 Å². The van der Waals surface area contributed by atoms with E-state index in [0.717, 1.165) is 32.5 Å². The summed E-state index contributed by atoms with van der Waals surface area (Å²) < 4.78 is 11.5. The Kier molecular flexibility index (Phi) is 3.90. The Hall–Kier alpha value is -2.12. The van der Waals surface area contributed by atoms with Gasteiger partial charge in [0.1, 0.15) is 0 Å². The highest BCUT2D eigenvalue weighted by molar-refractivity contribution is 6.04. The molecule has 128 valence electrons. The zero-order chi connectivity index (χ0) is 16.6. The Morgan fingerprint density at radius 3 is 2.75 bits per heavy atom. The van der Waals surface area contributed by atoms with E-state index in [-0.39, 0.29) is 17.2 Å². The van der Waals surface area contributed by atoms with Crippen molar-refractivity contribution in [3.05, 3.63) is 34.2 Å². The first-order valence-corrected chi connectivity index (χ1v) is 8.39. The predicted octanol–water partition coefficient (Wildman–Crippen LogP) is 1.27. The first kappa shape index (κ1) is 15.4. The van der Waals surface area contributed by atoms with Gasteiger partial charge in [0, 0.05) is 26.3 Å². The van der Waals surface area contributed by atoms with Gasteiger partial charge in [0.05, 0.1) is 28.8 Å². The van der Waals surface area contributed by atoms with Crippen molar-refractivity contribution < 1.29 is 14.3 Å². The molecule has 0 radical (unpaired) electrons. The number of para-hydroxylation sites is 1. The van der Waals surface area contributed by atoms with Crippen LogP contribution in [0.4, 0.5) is 0 Å². The molecule has 4 rings (SSSR count). The van der Waals surface area contributed by atoms with Crippen molar-refractivity contribution in [3.63, 3.8) is 0 Å². The molecule has 2 saturated heterocycles. The van der Waals surface area contributed by atoms with Gasteiger partial charge >= 0.3 is 5.69 Å². The van der Waals surface area contributed by atoms with E-state index in [1.807, 2.05) is 4.90 Å². The molecule has 2 aliphatic heterocycles. The maximum atomic E-state index is 13.0. The van der Waals surface area contributed by atoms with Crippen molar-refractivity contribution in [1.82, 2.24) is 14.9 Å². The van der Waals surface area contributed by atoms with Gasteiger partial charge in [-0.2, -0.15) is 0 Å². The molecule has 24 heavy (non-hydrogen) atoms. The van der Waals surface area contributed by atoms with E-state index in [1.165, 1.54) is 0 Å². The molecule has 2 aliphatic rings. The number of carbonyl (C=O) groups excluding carboxylic acids is 1. The van der Waals surface area contributed by atoms with Crippen LogP contribution >= 0.6 is 0 Å². The van der Waals surface area contributed by atoms with E-state index in [4.69, 9.17) is 9.47 Å². The second-order valence-corrected chi connectivity index (χ2v) is 6.49. The monoisotopic (exact) mass is 331 g/mol. The number of nitrogens with one attached hydrogen (secondary N) is 2. The Morgan fingerprint density at radius 1 is 1.08 bits per heavy atom. The number of imidazole rings is 1. The number of carbonyl (C=O) groups is 1. The summed E-state index contributed by atoms with van der Waals surface area (Å²) in [5, 5.41) is 0. The van der Waals surface area contributed by atoms with Crippen LogP contribution in [-0.4, -0.2) is 59.3 Å². The molecule has 2 N–H and O–H groups in total. The smallest absolute Gasteiger partial charge is 0.323 e. The fourth-order valence-corrected chi connectivity index (χ4v) is 3.64. The Morgan fingerprint density at radius 2 is 1.92 bits per heavy atom. The van der Waals surface area contributed by atoms with Crippen LogP contribution in [0.1, 0.15) is 29.6 Å². The lowest BCUT2D eigenvalue weighted by Gasteiger charge is -2.35. The molecule has 0 aliphatic carbocycles. The molecule has 1 aromatic heterocycles. The predicted molar refractivity (Wildman–Crippen MR) is 88.2 cm³/mol. The van der Waals surface area contributed by atoms with Crippen molar-refractivity contribution >= 4 is 16.9 Å². The maximum absolute atomic E-state index is 13.0. The van der Waals surface area contributed by atoms with Gasteiger partial charge in [0.2, 0.25) is 0 Å². The minimum Gasteiger partial charge on any atom is -0.381 e. The van der Waals surface area contributed by atoms with E-state index in [9.17, 15) is 9.59 Å². The molecular weight excluding hydrogens is 310 g/mol.